The van der Waals surface area contributed by atoms with Gasteiger partial charge < -0.3 is 5.32 Å². The van der Waals surface area contributed by atoms with E-state index in [0.717, 1.165) is 31.4 Å². The molecule has 1 atom stereocenters. The quantitative estimate of drug-likeness (QED) is 0.594. The number of unbranched alkanes of at least 4 members (excludes halogenated alkanes) is 2. The fraction of sp³-hybridized carbons (Fsp3) is 0.462. The highest BCUT2D eigenvalue weighted by atomic mass is 35.5. The minimum atomic E-state index is -0.424. The third-order valence-corrected chi connectivity index (χ3v) is 2.80. The molecule has 0 aliphatic carbocycles. The molecule has 1 N–H and O–H groups in total. The lowest BCUT2D eigenvalue weighted by molar-refractivity contribution is -0.116. The second-order valence-corrected chi connectivity index (χ2v) is 4.35. The van der Waals surface area contributed by atoms with Gasteiger partial charge in [0.2, 0.25) is 5.91 Å². The van der Waals surface area contributed by atoms with Gasteiger partial charge >= 0.3 is 0 Å². The van der Waals surface area contributed by atoms with Crippen LogP contribution < -0.4 is 5.32 Å². The summed E-state index contributed by atoms with van der Waals surface area (Å²) in [6.07, 6.45) is 4.02. The fourth-order valence-corrected chi connectivity index (χ4v) is 1.66. The normalized spacial score (nSPS) is 12.1. The Morgan fingerprint density at radius 2 is 2.00 bits per heavy atom. The minimum Gasteiger partial charge on any atom is -0.325 e. The topological polar surface area (TPSA) is 29.1 Å². The number of halogens is 1. The highest BCUT2D eigenvalue weighted by Gasteiger charge is 2.14. The van der Waals surface area contributed by atoms with Crippen molar-refractivity contribution in [3.05, 3.63) is 30.3 Å². The minimum absolute atomic E-state index is 0.107. The van der Waals surface area contributed by atoms with Crippen LogP contribution >= 0.6 is 11.6 Å². The van der Waals surface area contributed by atoms with Crippen molar-refractivity contribution >= 4 is 23.2 Å². The van der Waals surface area contributed by atoms with Crippen LogP contribution in [0.25, 0.3) is 0 Å². The molecule has 0 aliphatic heterocycles. The lowest BCUT2D eigenvalue weighted by Crippen LogP contribution is -2.23. The molecule has 0 spiro atoms. The van der Waals surface area contributed by atoms with Crippen LogP contribution in [0.4, 0.5) is 5.69 Å². The van der Waals surface area contributed by atoms with Crippen molar-refractivity contribution in [1.29, 1.82) is 0 Å². The van der Waals surface area contributed by atoms with E-state index in [-0.39, 0.29) is 5.91 Å². The van der Waals surface area contributed by atoms with Gasteiger partial charge in [0.05, 0.1) is 0 Å². The van der Waals surface area contributed by atoms with Gasteiger partial charge in [-0.3, -0.25) is 4.79 Å². The number of rotatable bonds is 6. The molecule has 0 saturated carbocycles. The molecule has 0 saturated heterocycles. The Balaban J connectivity index is 2.34. The molecule has 0 heterocycles. The molecule has 2 nitrogen and oxygen atoms in total. The van der Waals surface area contributed by atoms with Crippen molar-refractivity contribution in [3.8, 4) is 0 Å². The fourth-order valence-electron chi connectivity index (χ4n) is 1.45. The predicted molar refractivity (Wildman–Crippen MR) is 68.9 cm³/mol. The average Bonchev–Trinajstić information content (AvgIpc) is 2.30. The highest BCUT2D eigenvalue weighted by Crippen LogP contribution is 2.12. The summed E-state index contributed by atoms with van der Waals surface area (Å²) < 4.78 is 0. The molecule has 0 aromatic heterocycles. The number of carbonyl (C=O) groups is 1. The number of amides is 1. The first kappa shape index (κ1) is 13.0. The van der Waals surface area contributed by atoms with Gasteiger partial charge in [0.25, 0.3) is 0 Å². The molecule has 1 aromatic carbocycles. The number of alkyl halides is 1. The second kappa shape index (κ2) is 7.29. The van der Waals surface area contributed by atoms with Gasteiger partial charge in [-0.15, -0.1) is 11.6 Å². The van der Waals surface area contributed by atoms with Crippen LogP contribution in [-0.2, 0) is 4.79 Å². The van der Waals surface area contributed by atoms with Gasteiger partial charge in [0.1, 0.15) is 5.38 Å². The number of benzene rings is 1. The van der Waals surface area contributed by atoms with Gasteiger partial charge in [-0.1, -0.05) is 44.4 Å². The van der Waals surface area contributed by atoms with Crippen LogP contribution in [-0.4, -0.2) is 11.3 Å². The summed E-state index contributed by atoms with van der Waals surface area (Å²) >= 11 is 6.00. The van der Waals surface area contributed by atoms with Crippen LogP contribution in [0.2, 0.25) is 0 Å². The Morgan fingerprint density at radius 1 is 1.31 bits per heavy atom. The van der Waals surface area contributed by atoms with E-state index in [1.807, 2.05) is 30.3 Å². The van der Waals surface area contributed by atoms with E-state index in [1.54, 1.807) is 0 Å². The van der Waals surface area contributed by atoms with Crippen LogP contribution in [0.1, 0.15) is 32.6 Å². The number of hydrogen-bond donors (Lipinski definition) is 1. The summed E-state index contributed by atoms with van der Waals surface area (Å²) in [7, 11) is 0. The first-order chi connectivity index (χ1) is 7.74. The number of hydrogen-bond acceptors (Lipinski definition) is 1. The van der Waals surface area contributed by atoms with E-state index in [4.69, 9.17) is 11.6 Å². The average molecular weight is 240 g/mol. The second-order valence-electron chi connectivity index (χ2n) is 3.82. The summed E-state index contributed by atoms with van der Waals surface area (Å²) in [5, 5.41) is 2.37. The largest absolute Gasteiger partial charge is 0.325 e. The maximum absolute atomic E-state index is 11.7. The maximum atomic E-state index is 11.7. The van der Waals surface area contributed by atoms with Crippen molar-refractivity contribution in [2.75, 3.05) is 5.32 Å². The Hall–Kier alpha value is -1.02. The number of nitrogens with one attached hydrogen (secondary N) is 1. The standard InChI is InChI=1S/C13H18ClNO/c1-2-3-5-10-12(14)13(16)15-11-8-6-4-7-9-11/h4,6-9,12H,2-3,5,10H2,1H3,(H,15,16). The molecule has 0 bridgehead atoms. The van der Waals surface area contributed by atoms with Crippen LogP contribution in [0.5, 0.6) is 0 Å². The van der Waals surface area contributed by atoms with Crippen LogP contribution in [0.3, 0.4) is 0 Å². The summed E-state index contributed by atoms with van der Waals surface area (Å²) in [6, 6.07) is 9.39. The monoisotopic (exact) mass is 239 g/mol. The van der Waals surface area contributed by atoms with Gasteiger partial charge in [-0.25, -0.2) is 0 Å². The number of carbonyl (C=O) groups excluding carboxylic acids is 1. The van der Waals surface area contributed by atoms with Crippen LogP contribution in [0, 0.1) is 0 Å². The zero-order chi connectivity index (χ0) is 11.8. The van der Waals surface area contributed by atoms with Gasteiger partial charge in [0.15, 0.2) is 0 Å². The Bertz CT molecular complexity index is 313. The van der Waals surface area contributed by atoms with E-state index in [2.05, 4.69) is 12.2 Å². The first-order valence-corrected chi connectivity index (χ1v) is 6.17. The van der Waals surface area contributed by atoms with Crippen molar-refractivity contribution in [1.82, 2.24) is 0 Å². The smallest absolute Gasteiger partial charge is 0.242 e. The molecule has 0 aliphatic rings. The summed E-state index contributed by atoms with van der Waals surface area (Å²) in [6.45, 7) is 2.13. The van der Waals surface area contributed by atoms with Crippen molar-refractivity contribution in [2.24, 2.45) is 0 Å². The lowest BCUT2D eigenvalue weighted by atomic mass is 10.1. The molecule has 3 heteroatoms. The van der Waals surface area contributed by atoms with Gasteiger partial charge in [0, 0.05) is 5.69 Å². The number of para-hydroxylation sites is 1. The Kier molecular flexibility index (Phi) is 5.94. The lowest BCUT2D eigenvalue weighted by Gasteiger charge is -2.09. The zero-order valence-corrected chi connectivity index (χ0v) is 10.3. The molecule has 0 radical (unpaired) electrons. The van der Waals surface area contributed by atoms with E-state index < -0.39 is 5.38 Å². The summed E-state index contributed by atoms with van der Waals surface area (Å²) in [5.41, 5.74) is 0.800. The van der Waals surface area contributed by atoms with E-state index in [0.29, 0.717) is 0 Å². The summed E-state index contributed by atoms with van der Waals surface area (Å²) in [4.78, 5) is 11.7. The van der Waals surface area contributed by atoms with Gasteiger partial charge in [-0.05, 0) is 18.6 Å². The first-order valence-electron chi connectivity index (χ1n) is 5.74. The van der Waals surface area contributed by atoms with E-state index in [9.17, 15) is 4.79 Å². The summed E-state index contributed by atoms with van der Waals surface area (Å²) in [5.74, 6) is -0.107. The SMILES string of the molecule is CCCCCC(Cl)C(=O)Nc1ccccc1. The molecular weight excluding hydrogens is 222 g/mol. The van der Waals surface area contributed by atoms with Gasteiger partial charge in [-0.2, -0.15) is 0 Å². The molecule has 1 rings (SSSR count). The van der Waals surface area contributed by atoms with E-state index in [1.165, 1.54) is 0 Å². The molecule has 0 fully saturated rings. The third-order valence-electron chi connectivity index (χ3n) is 2.39. The van der Waals surface area contributed by atoms with Crippen LogP contribution in [0.15, 0.2) is 30.3 Å². The van der Waals surface area contributed by atoms with Crippen molar-refractivity contribution in [2.45, 2.75) is 38.0 Å². The molecule has 88 valence electrons. The Morgan fingerprint density at radius 3 is 2.62 bits per heavy atom. The molecule has 1 aromatic rings. The zero-order valence-electron chi connectivity index (χ0n) is 9.58. The van der Waals surface area contributed by atoms with E-state index >= 15 is 0 Å². The van der Waals surface area contributed by atoms with Crippen molar-refractivity contribution in [3.63, 3.8) is 0 Å². The number of anilines is 1. The Labute approximate surface area is 102 Å². The molecule has 1 amide bonds. The molecule has 1 unspecified atom stereocenters. The molecule has 16 heavy (non-hydrogen) atoms. The predicted octanol–water partition coefficient (Wildman–Crippen LogP) is 3.81. The molecular formula is C13H18ClNO. The van der Waals surface area contributed by atoms with Crippen molar-refractivity contribution < 1.29 is 4.79 Å². The maximum Gasteiger partial charge on any atom is 0.242 e. The highest BCUT2D eigenvalue weighted by molar-refractivity contribution is 6.32. The third kappa shape index (κ3) is 4.67.